The van der Waals surface area contributed by atoms with Gasteiger partial charge in [0.2, 0.25) is 5.91 Å². The van der Waals surface area contributed by atoms with E-state index in [0.29, 0.717) is 12.0 Å². The third-order valence-corrected chi connectivity index (χ3v) is 4.90. The number of rotatable bonds is 2. The van der Waals surface area contributed by atoms with E-state index in [9.17, 15) is 4.79 Å². The first-order valence-corrected chi connectivity index (χ1v) is 7.86. The van der Waals surface area contributed by atoms with Crippen LogP contribution in [0.4, 0.5) is 5.69 Å². The lowest BCUT2D eigenvalue weighted by Gasteiger charge is -2.30. The molecule has 4 heteroatoms. The van der Waals surface area contributed by atoms with Crippen LogP contribution in [0.1, 0.15) is 18.9 Å². The molecule has 114 valence electrons. The predicted molar refractivity (Wildman–Crippen MR) is 85.4 cm³/mol. The fourth-order valence-electron chi connectivity index (χ4n) is 3.65. The summed E-state index contributed by atoms with van der Waals surface area (Å²) in [4.78, 5) is 17.0. The summed E-state index contributed by atoms with van der Waals surface area (Å²) in [5.74, 6) is 0.806. The number of aryl methyl sites for hydroxylation is 1. The second-order valence-corrected chi connectivity index (χ2v) is 6.64. The van der Waals surface area contributed by atoms with Crippen molar-refractivity contribution in [3.05, 3.63) is 29.8 Å². The Labute approximate surface area is 127 Å². The Balaban J connectivity index is 1.68. The van der Waals surface area contributed by atoms with Gasteiger partial charge in [-0.3, -0.25) is 4.79 Å². The van der Waals surface area contributed by atoms with Crippen molar-refractivity contribution in [1.82, 2.24) is 9.80 Å². The first kappa shape index (κ1) is 14.4. The van der Waals surface area contributed by atoms with Gasteiger partial charge in [0.15, 0.2) is 0 Å². The summed E-state index contributed by atoms with van der Waals surface area (Å²) >= 11 is 0. The molecule has 1 amide bonds. The van der Waals surface area contributed by atoms with Gasteiger partial charge >= 0.3 is 0 Å². The zero-order valence-corrected chi connectivity index (χ0v) is 13.2. The van der Waals surface area contributed by atoms with Crippen LogP contribution in [-0.4, -0.2) is 55.0 Å². The second-order valence-electron chi connectivity index (χ2n) is 6.64. The van der Waals surface area contributed by atoms with Gasteiger partial charge in [-0.05, 0) is 44.5 Å². The smallest absolute Gasteiger partial charge is 0.245 e. The number of carbonyl (C=O) groups is 1. The minimum Gasteiger partial charge on any atom is -0.373 e. The number of hydrogen-bond donors (Lipinski definition) is 1. The summed E-state index contributed by atoms with van der Waals surface area (Å²) in [5.41, 5.74) is 2.45. The molecule has 2 aliphatic heterocycles. The van der Waals surface area contributed by atoms with Crippen LogP contribution in [-0.2, 0) is 11.2 Å². The molecule has 0 saturated carbocycles. The SMILES string of the molecule is CC1CN(C(=O)C2CCc3ccccc3N2)CC1N(C)C. The highest BCUT2D eigenvalue weighted by Crippen LogP contribution is 2.27. The minimum atomic E-state index is -0.0620. The van der Waals surface area contributed by atoms with Gasteiger partial charge in [-0.25, -0.2) is 0 Å². The van der Waals surface area contributed by atoms with E-state index >= 15 is 0 Å². The van der Waals surface area contributed by atoms with E-state index < -0.39 is 0 Å². The largest absolute Gasteiger partial charge is 0.373 e. The van der Waals surface area contributed by atoms with E-state index in [1.165, 1.54) is 5.56 Å². The van der Waals surface area contributed by atoms with Gasteiger partial charge in [0.05, 0.1) is 0 Å². The Morgan fingerprint density at radius 2 is 2.05 bits per heavy atom. The number of anilines is 1. The topological polar surface area (TPSA) is 35.6 Å². The molecule has 3 atom stereocenters. The molecule has 0 spiro atoms. The van der Waals surface area contributed by atoms with E-state index in [4.69, 9.17) is 0 Å². The van der Waals surface area contributed by atoms with Gasteiger partial charge < -0.3 is 15.1 Å². The van der Waals surface area contributed by atoms with Crippen molar-refractivity contribution in [2.24, 2.45) is 5.92 Å². The van der Waals surface area contributed by atoms with Gasteiger partial charge in [0.25, 0.3) is 0 Å². The standard InChI is InChI=1S/C17H25N3O/c1-12-10-20(11-16(12)19(2)3)17(21)15-9-8-13-6-4-5-7-14(13)18-15/h4-7,12,15-16,18H,8-11H2,1-3H3. The first-order chi connectivity index (χ1) is 10.1. The maximum atomic E-state index is 12.8. The lowest BCUT2D eigenvalue weighted by atomic mass is 9.97. The van der Waals surface area contributed by atoms with Crippen LogP contribution >= 0.6 is 0 Å². The van der Waals surface area contributed by atoms with E-state index in [2.05, 4.69) is 49.4 Å². The van der Waals surface area contributed by atoms with Crippen LogP contribution in [0.15, 0.2) is 24.3 Å². The number of amides is 1. The number of carbonyl (C=O) groups excluding carboxylic acids is 1. The Bertz CT molecular complexity index is 529. The molecule has 21 heavy (non-hydrogen) atoms. The highest BCUT2D eigenvalue weighted by molar-refractivity contribution is 5.86. The normalized spacial score (nSPS) is 28.4. The van der Waals surface area contributed by atoms with E-state index in [1.807, 2.05) is 11.0 Å². The van der Waals surface area contributed by atoms with Crippen molar-refractivity contribution in [1.29, 1.82) is 0 Å². The highest BCUT2D eigenvalue weighted by Gasteiger charge is 2.36. The highest BCUT2D eigenvalue weighted by atomic mass is 16.2. The predicted octanol–water partition coefficient (Wildman–Crippen LogP) is 1.82. The molecule has 3 unspecified atom stereocenters. The molecule has 2 heterocycles. The maximum absolute atomic E-state index is 12.8. The zero-order valence-electron chi connectivity index (χ0n) is 13.2. The van der Waals surface area contributed by atoms with Crippen molar-refractivity contribution in [3.63, 3.8) is 0 Å². The number of nitrogens with one attached hydrogen (secondary N) is 1. The van der Waals surface area contributed by atoms with Crippen molar-refractivity contribution in [2.75, 3.05) is 32.5 Å². The van der Waals surface area contributed by atoms with E-state index in [0.717, 1.165) is 31.6 Å². The van der Waals surface area contributed by atoms with Gasteiger partial charge in [-0.2, -0.15) is 0 Å². The Morgan fingerprint density at radius 3 is 2.76 bits per heavy atom. The van der Waals surface area contributed by atoms with Crippen LogP contribution in [0.25, 0.3) is 0 Å². The molecule has 0 radical (unpaired) electrons. The molecular weight excluding hydrogens is 262 g/mol. The fraction of sp³-hybridized carbons (Fsp3) is 0.588. The third kappa shape index (κ3) is 2.77. The van der Waals surface area contributed by atoms with Crippen LogP contribution in [0, 0.1) is 5.92 Å². The van der Waals surface area contributed by atoms with Crippen LogP contribution in [0.5, 0.6) is 0 Å². The Hall–Kier alpha value is -1.55. The number of hydrogen-bond acceptors (Lipinski definition) is 3. The number of nitrogens with zero attached hydrogens (tertiary/aromatic N) is 2. The molecule has 1 saturated heterocycles. The zero-order chi connectivity index (χ0) is 15.0. The Morgan fingerprint density at radius 1 is 1.29 bits per heavy atom. The van der Waals surface area contributed by atoms with Gasteiger partial charge in [-0.15, -0.1) is 0 Å². The molecule has 2 aliphatic rings. The Kier molecular flexibility index (Phi) is 3.89. The summed E-state index contributed by atoms with van der Waals surface area (Å²) in [5, 5.41) is 3.43. The minimum absolute atomic E-state index is 0.0620. The first-order valence-electron chi connectivity index (χ1n) is 7.86. The molecule has 0 aliphatic carbocycles. The maximum Gasteiger partial charge on any atom is 0.245 e. The van der Waals surface area contributed by atoms with Gasteiger partial charge in [0, 0.05) is 24.8 Å². The third-order valence-electron chi connectivity index (χ3n) is 4.90. The molecule has 4 nitrogen and oxygen atoms in total. The summed E-state index contributed by atoms with van der Waals surface area (Å²) in [6.07, 6.45) is 1.88. The molecule has 0 aromatic heterocycles. The van der Waals surface area contributed by atoms with Crippen LogP contribution < -0.4 is 5.32 Å². The van der Waals surface area contributed by atoms with E-state index in [1.54, 1.807) is 0 Å². The lowest BCUT2D eigenvalue weighted by Crippen LogP contribution is -2.44. The van der Waals surface area contributed by atoms with Gasteiger partial charge in [-0.1, -0.05) is 25.1 Å². The number of likely N-dealkylation sites (N-methyl/N-ethyl adjacent to an activating group) is 1. The number of benzene rings is 1. The summed E-state index contributed by atoms with van der Waals surface area (Å²) in [6.45, 7) is 3.97. The summed E-state index contributed by atoms with van der Waals surface area (Å²) in [7, 11) is 4.20. The van der Waals surface area contributed by atoms with Crippen molar-refractivity contribution in [2.45, 2.75) is 31.8 Å². The van der Waals surface area contributed by atoms with Crippen molar-refractivity contribution in [3.8, 4) is 0 Å². The molecule has 1 aromatic carbocycles. The summed E-state index contributed by atoms with van der Waals surface area (Å²) in [6, 6.07) is 8.72. The molecule has 1 fully saturated rings. The fourth-order valence-corrected chi connectivity index (χ4v) is 3.65. The number of likely N-dealkylation sites (tertiary alicyclic amines) is 1. The molecular formula is C17H25N3O. The average Bonchev–Trinajstić information content (AvgIpc) is 2.88. The van der Waals surface area contributed by atoms with Crippen LogP contribution in [0.3, 0.4) is 0 Å². The molecule has 3 rings (SSSR count). The quantitative estimate of drug-likeness (QED) is 0.901. The average molecular weight is 287 g/mol. The van der Waals surface area contributed by atoms with Crippen molar-refractivity contribution < 1.29 is 4.79 Å². The molecule has 1 aromatic rings. The second kappa shape index (κ2) is 5.68. The van der Waals surface area contributed by atoms with Crippen LogP contribution in [0.2, 0.25) is 0 Å². The number of para-hydroxylation sites is 1. The molecule has 1 N–H and O–H groups in total. The lowest BCUT2D eigenvalue weighted by molar-refractivity contribution is -0.131. The molecule has 0 bridgehead atoms. The number of fused-ring (bicyclic) bond motifs is 1. The summed E-state index contributed by atoms with van der Waals surface area (Å²) < 4.78 is 0. The van der Waals surface area contributed by atoms with E-state index in [-0.39, 0.29) is 11.9 Å². The monoisotopic (exact) mass is 287 g/mol. The van der Waals surface area contributed by atoms with Gasteiger partial charge in [0.1, 0.15) is 6.04 Å². The van der Waals surface area contributed by atoms with Crippen molar-refractivity contribution >= 4 is 11.6 Å².